The molecule has 4 rings (SSSR count). The molecule has 0 spiro atoms. The van der Waals surface area contributed by atoms with E-state index in [0.717, 1.165) is 9.87 Å². The highest BCUT2D eigenvalue weighted by Crippen LogP contribution is 2.30. The van der Waals surface area contributed by atoms with Crippen LogP contribution in [0.25, 0.3) is 0 Å². The van der Waals surface area contributed by atoms with E-state index in [2.05, 4.69) is 5.32 Å². The maximum atomic E-state index is 13.9. The van der Waals surface area contributed by atoms with Gasteiger partial charge in [-0.2, -0.15) is 0 Å². The van der Waals surface area contributed by atoms with Crippen LogP contribution in [0.3, 0.4) is 0 Å². The molecule has 0 radical (unpaired) electrons. The number of hydrogen-bond donors (Lipinski definition) is 1. The minimum atomic E-state index is -3.99. The topological polar surface area (TPSA) is 104 Å². The standard InChI is InChI=1S/C31H33Cl2N3O5S/c1-3-21(2)34-30(38)27(18-22-10-5-4-6-11-22)35(20-23-15-16-24(32)19-26(23)33)29(37)14-9-17-36-31(39)25-12-7-8-13-28(25)42(36,40)41/h4-8,10-13,15-16,19,21,27H,3,9,14,17-18,20H2,1-2H3,(H,34,38). The van der Waals surface area contributed by atoms with Gasteiger partial charge in [0.2, 0.25) is 11.8 Å². The van der Waals surface area contributed by atoms with Crippen LogP contribution < -0.4 is 5.32 Å². The first-order chi connectivity index (χ1) is 20.0. The van der Waals surface area contributed by atoms with Gasteiger partial charge in [-0.15, -0.1) is 0 Å². The molecule has 8 nitrogen and oxygen atoms in total. The Morgan fingerprint density at radius 2 is 1.69 bits per heavy atom. The third kappa shape index (κ3) is 7.14. The van der Waals surface area contributed by atoms with Crippen molar-refractivity contribution in [3.63, 3.8) is 0 Å². The second kappa shape index (κ2) is 13.7. The van der Waals surface area contributed by atoms with Crippen LogP contribution in [0, 0.1) is 0 Å². The molecule has 2 atom stereocenters. The molecule has 2 unspecified atom stereocenters. The minimum Gasteiger partial charge on any atom is -0.352 e. The largest absolute Gasteiger partial charge is 0.352 e. The number of halogens is 2. The fourth-order valence-electron chi connectivity index (χ4n) is 4.80. The summed E-state index contributed by atoms with van der Waals surface area (Å²) in [5.41, 5.74) is 1.59. The van der Waals surface area contributed by atoms with E-state index < -0.39 is 22.0 Å². The molecule has 1 aliphatic heterocycles. The molecule has 3 aromatic carbocycles. The number of carbonyl (C=O) groups excluding carboxylic acids is 3. The van der Waals surface area contributed by atoms with E-state index >= 15 is 0 Å². The molecular weight excluding hydrogens is 597 g/mol. The number of hydrogen-bond acceptors (Lipinski definition) is 5. The number of benzene rings is 3. The number of nitrogens with zero attached hydrogens (tertiary/aromatic N) is 2. The van der Waals surface area contributed by atoms with E-state index in [4.69, 9.17) is 23.2 Å². The molecule has 11 heteroatoms. The van der Waals surface area contributed by atoms with Gasteiger partial charge in [-0.3, -0.25) is 14.4 Å². The van der Waals surface area contributed by atoms with Gasteiger partial charge in [-0.25, -0.2) is 12.7 Å². The molecule has 1 aliphatic rings. The molecule has 3 amide bonds. The van der Waals surface area contributed by atoms with Crippen molar-refractivity contribution in [3.05, 3.63) is 99.5 Å². The van der Waals surface area contributed by atoms with Gasteiger partial charge in [-0.05, 0) is 55.2 Å². The van der Waals surface area contributed by atoms with Crippen molar-refractivity contribution in [2.24, 2.45) is 0 Å². The Labute approximate surface area is 256 Å². The van der Waals surface area contributed by atoms with Crippen LogP contribution in [-0.4, -0.2) is 54.0 Å². The first kappa shape index (κ1) is 31.5. The lowest BCUT2D eigenvalue weighted by Crippen LogP contribution is -2.52. The Balaban J connectivity index is 1.60. The van der Waals surface area contributed by atoms with Gasteiger partial charge in [0.05, 0.1) is 5.56 Å². The lowest BCUT2D eigenvalue weighted by atomic mass is 10.0. The highest BCUT2D eigenvalue weighted by atomic mass is 35.5. The van der Waals surface area contributed by atoms with Gasteiger partial charge in [0.1, 0.15) is 10.9 Å². The Kier molecular flexibility index (Phi) is 10.3. The predicted molar refractivity (Wildman–Crippen MR) is 163 cm³/mol. The highest BCUT2D eigenvalue weighted by molar-refractivity contribution is 7.90. The normalized spacial score (nSPS) is 15.1. The zero-order valence-corrected chi connectivity index (χ0v) is 25.8. The lowest BCUT2D eigenvalue weighted by molar-refractivity contribution is -0.141. The van der Waals surface area contributed by atoms with Crippen molar-refractivity contribution >= 4 is 50.9 Å². The molecule has 0 aromatic heterocycles. The smallest absolute Gasteiger partial charge is 0.269 e. The molecule has 0 fully saturated rings. The van der Waals surface area contributed by atoms with Gasteiger partial charge in [0.15, 0.2) is 0 Å². The number of carbonyl (C=O) groups is 3. The number of amides is 3. The molecule has 0 saturated heterocycles. The van der Waals surface area contributed by atoms with E-state index in [-0.39, 0.29) is 60.7 Å². The van der Waals surface area contributed by atoms with Gasteiger partial charge in [0.25, 0.3) is 15.9 Å². The highest BCUT2D eigenvalue weighted by Gasteiger charge is 2.40. The molecule has 222 valence electrons. The molecule has 1 N–H and O–H groups in total. The Morgan fingerprint density at radius 3 is 2.36 bits per heavy atom. The third-order valence-electron chi connectivity index (χ3n) is 7.29. The fraction of sp³-hybridized carbons (Fsp3) is 0.323. The molecule has 0 bridgehead atoms. The summed E-state index contributed by atoms with van der Waals surface area (Å²) in [4.78, 5) is 41.8. The van der Waals surface area contributed by atoms with Crippen molar-refractivity contribution in [1.29, 1.82) is 0 Å². The number of fused-ring (bicyclic) bond motifs is 1. The third-order valence-corrected chi connectivity index (χ3v) is 9.72. The minimum absolute atomic E-state index is 0.0344. The first-order valence-corrected chi connectivity index (χ1v) is 16.0. The van der Waals surface area contributed by atoms with E-state index in [0.29, 0.717) is 22.0 Å². The first-order valence-electron chi connectivity index (χ1n) is 13.8. The maximum Gasteiger partial charge on any atom is 0.269 e. The van der Waals surface area contributed by atoms with Gasteiger partial charge < -0.3 is 10.2 Å². The van der Waals surface area contributed by atoms with Crippen molar-refractivity contribution in [2.45, 2.75) is 63.1 Å². The van der Waals surface area contributed by atoms with Crippen molar-refractivity contribution in [2.75, 3.05) is 6.54 Å². The quantitative estimate of drug-likeness (QED) is 0.286. The fourth-order valence-corrected chi connectivity index (χ4v) is 6.87. The van der Waals surface area contributed by atoms with Gasteiger partial charge >= 0.3 is 0 Å². The van der Waals surface area contributed by atoms with Crippen molar-refractivity contribution < 1.29 is 22.8 Å². The average molecular weight is 631 g/mol. The zero-order chi connectivity index (χ0) is 30.4. The molecule has 1 heterocycles. The summed E-state index contributed by atoms with van der Waals surface area (Å²) >= 11 is 12.6. The summed E-state index contributed by atoms with van der Waals surface area (Å²) in [7, 11) is -3.99. The van der Waals surface area contributed by atoms with Crippen molar-refractivity contribution in [1.82, 2.24) is 14.5 Å². The maximum absolute atomic E-state index is 13.9. The summed E-state index contributed by atoms with van der Waals surface area (Å²) in [6.45, 7) is 3.72. The van der Waals surface area contributed by atoms with E-state index in [1.165, 1.54) is 17.0 Å². The summed E-state index contributed by atoms with van der Waals surface area (Å²) in [5.74, 6) is -1.29. The monoisotopic (exact) mass is 629 g/mol. The number of rotatable bonds is 12. The van der Waals surface area contributed by atoms with Gasteiger partial charge in [0, 0.05) is 42.0 Å². The summed E-state index contributed by atoms with van der Waals surface area (Å²) in [6, 6.07) is 19.4. The second-order valence-corrected chi connectivity index (χ2v) is 12.9. The molecule has 0 aliphatic carbocycles. The van der Waals surface area contributed by atoms with Crippen LogP contribution in [0.4, 0.5) is 0 Å². The van der Waals surface area contributed by atoms with Crippen LogP contribution in [0.5, 0.6) is 0 Å². The summed E-state index contributed by atoms with van der Waals surface area (Å²) in [6.07, 6.45) is 0.951. The second-order valence-electron chi connectivity index (χ2n) is 10.3. The molecular formula is C31H33Cl2N3O5S. The lowest BCUT2D eigenvalue weighted by Gasteiger charge is -2.33. The number of sulfonamides is 1. The Morgan fingerprint density at radius 1 is 1.00 bits per heavy atom. The predicted octanol–water partition coefficient (Wildman–Crippen LogP) is 5.47. The van der Waals surface area contributed by atoms with Crippen LogP contribution >= 0.6 is 23.2 Å². The molecule has 42 heavy (non-hydrogen) atoms. The van der Waals surface area contributed by atoms with E-state index in [9.17, 15) is 22.8 Å². The van der Waals surface area contributed by atoms with Crippen LogP contribution in [0.2, 0.25) is 10.0 Å². The molecule has 3 aromatic rings. The summed E-state index contributed by atoms with van der Waals surface area (Å²) < 4.78 is 26.8. The van der Waals surface area contributed by atoms with E-state index in [1.54, 1.807) is 30.3 Å². The average Bonchev–Trinajstić information content (AvgIpc) is 3.16. The van der Waals surface area contributed by atoms with Crippen LogP contribution in [-0.2, 0) is 32.6 Å². The Hall–Kier alpha value is -3.40. The SMILES string of the molecule is CCC(C)NC(=O)C(Cc1ccccc1)N(Cc1ccc(Cl)cc1Cl)C(=O)CCCN1C(=O)c2ccccc2S1(=O)=O. The van der Waals surface area contributed by atoms with Crippen molar-refractivity contribution in [3.8, 4) is 0 Å². The van der Waals surface area contributed by atoms with E-state index in [1.807, 2.05) is 44.2 Å². The number of nitrogens with one attached hydrogen (secondary N) is 1. The zero-order valence-electron chi connectivity index (χ0n) is 23.4. The summed E-state index contributed by atoms with van der Waals surface area (Å²) in [5, 5.41) is 3.80. The van der Waals surface area contributed by atoms with Crippen LogP contribution in [0.15, 0.2) is 77.7 Å². The van der Waals surface area contributed by atoms with Crippen LogP contribution in [0.1, 0.15) is 54.6 Å². The van der Waals surface area contributed by atoms with Gasteiger partial charge in [-0.1, -0.05) is 78.7 Å². The Bertz CT molecular complexity index is 1570. The molecule has 0 saturated carbocycles.